The third-order valence-electron chi connectivity index (χ3n) is 6.51. The number of nitrogens with one attached hydrogen (secondary N) is 1. The van der Waals surface area contributed by atoms with Crippen molar-refractivity contribution in [2.24, 2.45) is 0 Å². The zero-order valence-corrected chi connectivity index (χ0v) is 22.6. The molecular weight excluding hydrogens is 539 g/mol. The van der Waals surface area contributed by atoms with Crippen molar-refractivity contribution in [3.05, 3.63) is 58.6 Å². The molecule has 0 unspecified atom stereocenters. The maximum atomic E-state index is 13.4. The fourth-order valence-electron chi connectivity index (χ4n) is 4.86. The van der Waals surface area contributed by atoms with Crippen molar-refractivity contribution < 1.29 is 31.2 Å². The highest BCUT2D eigenvalue weighted by Crippen LogP contribution is 2.45. The summed E-state index contributed by atoms with van der Waals surface area (Å²) < 4.78 is 61.7. The van der Waals surface area contributed by atoms with E-state index in [4.69, 9.17) is 30.0 Å². The molecule has 13 heteroatoms. The standard InChI is InChI=1S/C25H26ClFN4O6S/c1-13(14-5-7-15(27)8-6-14)29-19-16-9-10-31(23(16)30-22(26)17(19)11-28)24-21-20(36-25(2,3)37-21)18(35-24)12-34-38(4,32)33/h5-10,13,18,20-21,24H,12H2,1-4H3,(H,29,30)/t13-,18-,20-,21-,24-/m1/s1. The third-order valence-corrected chi connectivity index (χ3v) is 7.34. The summed E-state index contributed by atoms with van der Waals surface area (Å²) in [5, 5.41) is 13.8. The van der Waals surface area contributed by atoms with Gasteiger partial charge in [0.1, 0.15) is 41.4 Å². The van der Waals surface area contributed by atoms with Gasteiger partial charge in [-0.3, -0.25) is 4.18 Å². The van der Waals surface area contributed by atoms with Crippen molar-refractivity contribution in [2.75, 3.05) is 18.2 Å². The van der Waals surface area contributed by atoms with Gasteiger partial charge in [0.15, 0.2) is 17.2 Å². The van der Waals surface area contributed by atoms with Crippen LogP contribution in [-0.2, 0) is 28.5 Å². The van der Waals surface area contributed by atoms with E-state index in [1.807, 2.05) is 6.92 Å². The van der Waals surface area contributed by atoms with E-state index in [1.54, 1.807) is 42.8 Å². The largest absolute Gasteiger partial charge is 0.377 e. The van der Waals surface area contributed by atoms with E-state index in [9.17, 15) is 18.1 Å². The Bertz CT molecular complexity index is 1520. The highest BCUT2D eigenvalue weighted by molar-refractivity contribution is 7.85. The van der Waals surface area contributed by atoms with Gasteiger partial charge in [0.05, 0.1) is 18.6 Å². The van der Waals surface area contributed by atoms with Crippen LogP contribution in [0.1, 0.15) is 44.2 Å². The van der Waals surface area contributed by atoms with Gasteiger partial charge in [-0.2, -0.15) is 13.7 Å². The molecule has 0 saturated carbocycles. The van der Waals surface area contributed by atoms with Crippen molar-refractivity contribution in [3.8, 4) is 6.07 Å². The van der Waals surface area contributed by atoms with E-state index in [1.165, 1.54) is 12.1 Å². The molecule has 1 aromatic carbocycles. The lowest BCUT2D eigenvalue weighted by molar-refractivity contribution is -0.198. The zero-order chi connectivity index (χ0) is 27.4. The van der Waals surface area contributed by atoms with Crippen LogP contribution >= 0.6 is 11.6 Å². The molecule has 2 fully saturated rings. The molecule has 5 rings (SSSR count). The van der Waals surface area contributed by atoms with E-state index in [0.717, 1.165) is 11.8 Å². The van der Waals surface area contributed by atoms with E-state index in [2.05, 4.69) is 16.4 Å². The minimum Gasteiger partial charge on any atom is -0.377 e. The highest BCUT2D eigenvalue weighted by atomic mass is 35.5. The number of hydrogen-bond acceptors (Lipinski definition) is 9. The monoisotopic (exact) mass is 564 g/mol. The van der Waals surface area contributed by atoms with Gasteiger partial charge in [0, 0.05) is 17.6 Å². The van der Waals surface area contributed by atoms with Gasteiger partial charge in [0.25, 0.3) is 10.1 Å². The van der Waals surface area contributed by atoms with Gasteiger partial charge in [-0.15, -0.1) is 0 Å². The number of nitrogens with zero attached hydrogens (tertiary/aromatic N) is 3. The minimum atomic E-state index is -3.70. The number of benzene rings is 1. The van der Waals surface area contributed by atoms with Gasteiger partial charge in [-0.1, -0.05) is 23.7 Å². The second-order valence-corrected chi connectivity index (χ2v) is 11.8. The molecule has 2 aliphatic heterocycles. The van der Waals surface area contributed by atoms with Crippen LogP contribution in [0.3, 0.4) is 0 Å². The molecule has 2 aliphatic rings. The first kappa shape index (κ1) is 26.8. The molecule has 1 N–H and O–H groups in total. The summed E-state index contributed by atoms with van der Waals surface area (Å²) in [5.41, 5.74) is 1.86. The molecule has 3 aromatic rings. The Hall–Kier alpha value is -2.79. The molecule has 0 spiro atoms. The molecule has 2 saturated heterocycles. The van der Waals surface area contributed by atoms with Crippen LogP contribution < -0.4 is 5.32 Å². The Morgan fingerprint density at radius 2 is 1.95 bits per heavy atom. The lowest BCUT2D eigenvalue weighted by atomic mass is 10.1. The van der Waals surface area contributed by atoms with E-state index in [0.29, 0.717) is 16.7 Å². The van der Waals surface area contributed by atoms with Crippen LogP contribution in [0.4, 0.5) is 10.1 Å². The predicted molar refractivity (Wildman–Crippen MR) is 136 cm³/mol. The first-order valence-corrected chi connectivity index (χ1v) is 14.0. The maximum absolute atomic E-state index is 13.4. The van der Waals surface area contributed by atoms with Crippen molar-refractivity contribution in [2.45, 2.75) is 57.1 Å². The topological polar surface area (TPSA) is 125 Å². The second kappa shape index (κ2) is 9.75. The molecule has 202 valence electrons. The molecule has 0 radical (unpaired) electrons. The summed E-state index contributed by atoms with van der Waals surface area (Å²) in [6, 6.07) is 9.66. The number of hydrogen-bond donors (Lipinski definition) is 1. The van der Waals surface area contributed by atoms with Crippen molar-refractivity contribution in [1.29, 1.82) is 5.26 Å². The molecule has 5 atom stereocenters. The number of pyridine rings is 1. The number of rotatable bonds is 7. The average molecular weight is 565 g/mol. The Morgan fingerprint density at radius 1 is 1.26 bits per heavy atom. The van der Waals surface area contributed by atoms with Crippen LogP contribution in [0, 0.1) is 17.1 Å². The Morgan fingerprint density at radius 3 is 2.61 bits per heavy atom. The molecule has 10 nitrogen and oxygen atoms in total. The molecule has 0 bridgehead atoms. The SMILES string of the molecule is C[C@@H](Nc1c(C#N)c(Cl)nc2c1ccn2[C@@H]1O[C@H](COS(C)(=O)=O)[C@H]2OC(C)(C)O[C@H]21)c1ccc(F)cc1. The number of halogens is 2. The van der Waals surface area contributed by atoms with Gasteiger partial charge in [-0.25, -0.2) is 9.37 Å². The van der Waals surface area contributed by atoms with Crippen LogP contribution in [0.2, 0.25) is 5.15 Å². The number of ether oxygens (including phenoxy) is 3. The summed E-state index contributed by atoms with van der Waals surface area (Å²) in [6.07, 6.45) is 0.0276. The van der Waals surface area contributed by atoms with Gasteiger partial charge in [-0.05, 0) is 44.5 Å². The molecule has 4 heterocycles. The maximum Gasteiger partial charge on any atom is 0.264 e. The molecule has 0 amide bonds. The van der Waals surface area contributed by atoms with E-state index in [-0.39, 0.29) is 29.2 Å². The van der Waals surface area contributed by atoms with E-state index < -0.39 is 40.4 Å². The summed E-state index contributed by atoms with van der Waals surface area (Å²) in [4.78, 5) is 4.48. The summed E-state index contributed by atoms with van der Waals surface area (Å²) in [5.74, 6) is -1.28. The lowest BCUT2D eigenvalue weighted by Gasteiger charge is -2.25. The predicted octanol–water partition coefficient (Wildman–Crippen LogP) is 4.27. The van der Waals surface area contributed by atoms with Crippen LogP contribution in [0.25, 0.3) is 11.0 Å². The third kappa shape index (κ3) is 5.10. The second-order valence-electron chi connectivity index (χ2n) is 9.76. The number of fused-ring (bicyclic) bond motifs is 2. The molecule has 0 aliphatic carbocycles. The van der Waals surface area contributed by atoms with E-state index >= 15 is 0 Å². The lowest BCUT2D eigenvalue weighted by Crippen LogP contribution is -2.33. The Kier molecular flexibility index (Phi) is 6.88. The number of nitriles is 1. The smallest absolute Gasteiger partial charge is 0.264 e. The van der Waals surface area contributed by atoms with Gasteiger partial charge < -0.3 is 24.1 Å². The minimum absolute atomic E-state index is 0.0100. The molecule has 38 heavy (non-hydrogen) atoms. The highest BCUT2D eigenvalue weighted by Gasteiger charge is 2.56. The van der Waals surface area contributed by atoms with Crippen LogP contribution in [0.15, 0.2) is 36.5 Å². The summed E-state index contributed by atoms with van der Waals surface area (Å²) in [7, 11) is -3.70. The summed E-state index contributed by atoms with van der Waals surface area (Å²) >= 11 is 6.46. The fraction of sp³-hybridized carbons (Fsp3) is 0.440. The van der Waals surface area contributed by atoms with Gasteiger partial charge >= 0.3 is 0 Å². The van der Waals surface area contributed by atoms with Crippen LogP contribution in [0.5, 0.6) is 0 Å². The Balaban J connectivity index is 1.53. The average Bonchev–Trinajstić information content (AvgIpc) is 3.48. The van der Waals surface area contributed by atoms with Gasteiger partial charge in [0.2, 0.25) is 0 Å². The molecular formula is C25H26ClFN4O6S. The molecule has 2 aromatic heterocycles. The van der Waals surface area contributed by atoms with Crippen molar-refractivity contribution in [1.82, 2.24) is 9.55 Å². The van der Waals surface area contributed by atoms with Crippen molar-refractivity contribution in [3.63, 3.8) is 0 Å². The normalized spacial score (nSPS) is 25.3. The first-order chi connectivity index (χ1) is 17.9. The zero-order valence-electron chi connectivity index (χ0n) is 21.0. The van der Waals surface area contributed by atoms with Crippen LogP contribution in [-0.4, -0.2) is 54.9 Å². The number of aromatic nitrogens is 2. The summed E-state index contributed by atoms with van der Waals surface area (Å²) in [6.45, 7) is 5.16. The van der Waals surface area contributed by atoms with Crippen molar-refractivity contribution >= 4 is 38.4 Å². The fourth-order valence-corrected chi connectivity index (χ4v) is 5.45. The quantitative estimate of drug-likeness (QED) is 0.331. The Labute approximate surface area is 224 Å². The first-order valence-electron chi connectivity index (χ1n) is 11.8. The number of anilines is 1.